The first-order chi connectivity index (χ1) is 26.2. The summed E-state index contributed by atoms with van der Waals surface area (Å²) in [5, 5.41) is 12.7. The third-order valence-corrected chi connectivity index (χ3v) is 11.0. The van der Waals surface area contributed by atoms with Crippen molar-refractivity contribution in [1.29, 1.82) is 5.26 Å². The molecule has 1 aromatic heterocycles. The minimum absolute atomic E-state index is 0.475. The van der Waals surface area contributed by atoms with Gasteiger partial charge in [0.15, 0.2) is 0 Å². The van der Waals surface area contributed by atoms with Gasteiger partial charge >= 0.3 is 0 Å². The second-order valence-corrected chi connectivity index (χ2v) is 13.8. The smallest absolute Gasteiger partial charge is 0.0991 e. The van der Waals surface area contributed by atoms with Crippen molar-refractivity contribution in [1.82, 2.24) is 4.98 Å². The van der Waals surface area contributed by atoms with Crippen LogP contribution in [0.3, 0.4) is 0 Å². The summed E-state index contributed by atoms with van der Waals surface area (Å²) in [5.74, 6) is 0. The zero-order chi connectivity index (χ0) is 35.4. The molecule has 2 nitrogen and oxygen atoms in total. The number of rotatable bonds is 5. The molecule has 1 aliphatic rings. The van der Waals surface area contributed by atoms with Gasteiger partial charge in [-0.3, -0.25) is 0 Å². The van der Waals surface area contributed by atoms with Crippen LogP contribution in [-0.2, 0) is 5.41 Å². The molecule has 53 heavy (non-hydrogen) atoms. The van der Waals surface area contributed by atoms with E-state index in [1.165, 1.54) is 38.8 Å². The molecule has 0 fully saturated rings. The van der Waals surface area contributed by atoms with Crippen molar-refractivity contribution in [2.45, 2.75) is 5.41 Å². The van der Waals surface area contributed by atoms with Crippen molar-refractivity contribution < 1.29 is 0 Å². The van der Waals surface area contributed by atoms with E-state index in [2.05, 4.69) is 176 Å². The molecule has 0 aliphatic heterocycles. The normalized spacial score (nSPS) is 12.7. The summed E-state index contributed by atoms with van der Waals surface area (Å²) in [6.07, 6.45) is 0. The Morgan fingerprint density at radius 1 is 0.434 bits per heavy atom. The van der Waals surface area contributed by atoms with Crippen LogP contribution in [0, 0.1) is 11.3 Å². The van der Waals surface area contributed by atoms with E-state index in [1.807, 2.05) is 24.3 Å². The van der Waals surface area contributed by atoms with E-state index in [0.29, 0.717) is 5.56 Å². The number of hydrogen-bond donors (Lipinski definition) is 0. The third kappa shape index (κ3) is 4.75. The quantitative estimate of drug-likeness (QED) is 0.171. The van der Waals surface area contributed by atoms with Gasteiger partial charge in [-0.15, -0.1) is 0 Å². The van der Waals surface area contributed by atoms with Crippen LogP contribution in [0.5, 0.6) is 0 Å². The molecule has 10 rings (SSSR count). The highest BCUT2D eigenvalue weighted by Gasteiger charge is 2.46. The first-order valence-electron chi connectivity index (χ1n) is 18.0. The maximum Gasteiger partial charge on any atom is 0.0991 e. The summed E-state index contributed by atoms with van der Waals surface area (Å²) in [6.45, 7) is 0. The van der Waals surface area contributed by atoms with Gasteiger partial charge in [0.05, 0.1) is 28.3 Å². The SMILES string of the molecule is N#Cc1ccc(-c2ccc(-c3cccc(-c4nc5ccccc5c5c6c(ccc45)C(c4ccccc4)(c4ccccc4)c4ccccc4-6)c3)cc2)cc1. The molecule has 0 radical (unpaired) electrons. The van der Waals surface area contributed by atoms with E-state index in [4.69, 9.17) is 4.98 Å². The maximum atomic E-state index is 9.21. The van der Waals surface area contributed by atoms with Crippen LogP contribution in [0.2, 0.25) is 0 Å². The number of aromatic nitrogens is 1. The highest BCUT2D eigenvalue weighted by Crippen LogP contribution is 2.58. The molecule has 0 bridgehead atoms. The van der Waals surface area contributed by atoms with Crippen molar-refractivity contribution in [2.24, 2.45) is 0 Å². The fourth-order valence-electron chi connectivity index (χ4n) is 8.63. The van der Waals surface area contributed by atoms with Gasteiger partial charge in [-0.25, -0.2) is 4.98 Å². The van der Waals surface area contributed by atoms with Crippen molar-refractivity contribution in [3.05, 3.63) is 222 Å². The van der Waals surface area contributed by atoms with Crippen LogP contribution in [0.25, 0.3) is 66.3 Å². The molecule has 246 valence electrons. The van der Waals surface area contributed by atoms with E-state index in [9.17, 15) is 5.26 Å². The summed E-state index contributed by atoms with van der Waals surface area (Å²) >= 11 is 0. The molecular formula is C51H32N2. The number of nitriles is 1. The minimum atomic E-state index is -0.475. The van der Waals surface area contributed by atoms with E-state index >= 15 is 0 Å². The number of hydrogen-bond acceptors (Lipinski definition) is 2. The molecule has 0 unspecified atom stereocenters. The van der Waals surface area contributed by atoms with Crippen LogP contribution < -0.4 is 0 Å². The van der Waals surface area contributed by atoms with Crippen LogP contribution in [-0.4, -0.2) is 4.98 Å². The number of fused-ring (bicyclic) bond motifs is 7. The fraction of sp³-hybridized carbons (Fsp3) is 0.0196. The molecular weight excluding hydrogens is 641 g/mol. The molecule has 9 aromatic rings. The lowest BCUT2D eigenvalue weighted by atomic mass is 9.67. The molecule has 0 spiro atoms. The molecule has 8 aromatic carbocycles. The van der Waals surface area contributed by atoms with Gasteiger partial charge in [-0.05, 0) is 79.9 Å². The lowest BCUT2D eigenvalue weighted by Crippen LogP contribution is -2.28. The lowest BCUT2D eigenvalue weighted by Gasteiger charge is -2.34. The predicted molar refractivity (Wildman–Crippen MR) is 218 cm³/mol. The first-order valence-corrected chi connectivity index (χ1v) is 18.0. The molecule has 1 heterocycles. The predicted octanol–water partition coefficient (Wildman–Crippen LogP) is 12.6. The Labute approximate surface area is 308 Å². The summed E-state index contributed by atoms with van der Waals surface area (Å²) in [6, 6.07) is 71.6. The molecule has 0 N–H and O–H groups in total. The Hall–Kier alpha value is -7.08. The summed E-state index contributed by atoms with van der Waals surface area (Å²) in [7, 11) is 0. The third-order valence-electron chi connectivity index (χ3n) is 11.0. The summed E-state index contributed by atoms with van der Waals surface area (Å²) < 4.78 is 0. The second-order valence-electron chi connectivity index (χ2n) is 13.8. The van der Waals surface area contributed by atoms with Crippen LogP contribution in [0.4, 0.5) is 0 Å². The zero-order valence-corrected chi connectivity index (χ0v) is 28.9. The van der Waals surface area contributed by atoms with Crippen LogP contribution >= 0.6 is 0 Å². The Morgan fingerprint density at radius 3 is 1.72 bits per heavy atom. The number of benzene rings is 8. The zero-order valence-electron chi connectivity index (χ0n) is 28.9. The first kappa shape index (κ1) is 30.7. The van der Waals surface area contributed by atoms with Gasteiger partial charge in [0.2, 0.25) is 0 Å². The minimum Gasteiger partial charge on any atom is -0.247 e. The molecule has 1 aliphatic carbocycles. The van der Waals surface area contributed by atoms with E-state index < -0.39 is 5.41 Å². The average Bonchev–Trinajstić information content (AvgIpc) is 3.55. The van der Waals surface area contributed by atoms with Crippen LogP contribution in [0.15, 0.2) is 194 Å². The van der Waals surface area contributed by atoms with Gasteiger partial charge in [0.1, 0.15) is 0 Å². The Balaban J connectivity index is 1.20. The highest BCUT2D eigenvalue weighted by molar-refractivity contribution is 6.19. The van der Waals surface area contributed by atoms with Crippen LogP contribution in [0.1, 0.15) is 27.8 Å². The van der Waals surface area contributed by atoms with Crippen molar-refractivity contribution >= 4 is 21.7 Å². The summed E-state index contributed by atoms with van der Waals surface area (Å²) in [5.41, 5.74) is 15.4. The Bertz CT molecular complexity index is 2830. The standard InChI is InChI=1S/C51H32N2/c52-33-34-22-24-35(25-23-34)36-26-28-37(29-27-36)38-12-11-13-39(32-38)50-44-30-31-46-49(48(44)43-19-8-10-21-47(43)53-50)42-18-7-9-20-45(42)51(46,40-14-3-1-4-15-40)41-16-5-2-6-17-41/h1-32H. The largest absolute Gasteiger partial charge is 0.247 e. The molecule has 0 atom stereocenters. The molecule has 2 heteroatoms. The van der Waals surface area contributed by atoms with Gasteiger partial charge in [-0.2, -0.15) is 5.26 Å². The summed E-state index contributed by atoms with van der Waals surface area (Å²) in [4.78, 5) is 5.39. The van der Waals surface area contributed by atoms with Crippen molar-refractivity contribution in [2.75, 3.05) is 0 Å². The monoisotopic (exact) mass is 672 g/mol. The lowest BCUT2D eigenvalue weighted by molar-refractivity contribution is 0.769. The average molecular weight is 673 g/mol. The number of nitrogens with zero attached hydrogens (tertiary/aromatic N) is 2. The Kier molecular flexibility index (Phi) is 7.13. The number of pyridine rings is 1. The van der Waals surface area contributed by atoms with Gasteiger partial charge < -0.3 is 0 Å². The van der Waals surface area contributed by atoms with E-state index in [1.54, 1.807) is 0 Å². The fourth-order valence-corrected chi connectivity index (χ4v) is 8.63. The van der Waals surface area contributed by atoms with Crippen molar-refractivity contribution in [3.8, 4) is 50.7 Å². The van der Waals surface area contributed by atoms with E-state index in [-0.39, 0.29) is 0 Å². The molecule has 0 amide bonds. The van der Waals surface area contributed by atoms with Crippen molar-refractivity contribution in [3.63, 3.8) is 0 Å². The van der Waals surface area contributed by atoms with Gasteiger partial charge in [0, 0.05) is 21.7 Å². The highest BCUT2D eigenvalue weighted by atomic mass is 14.7. The maximum absolute atomic E-state index is 9.21. The molecule has 0 saturated carbocycles. The second kappa shape index (κ2) is 12.3. The molecule has 0 saturated heterocycles. The topological polar surface area (TPSA) is 36.7 Å². The Morgan fingerprint density at radius 2 is 1.02 bits per heavy atom. The van der Waals surface area contributed by atoms with Gasteiger partial charge in [-0.1, -0.05) is 170 Å². The van der Waals surface area contributed by atoms with E-state index in [0.717, 1.165) is 49.8 Å². The van der Waals surface area contributed by atoms with Gasteiger partial charge in [0.25, 0.3) is 0 Å². The number of para-hydroxylation sites is 1.